The number of nitrogens with one attached hydrogen (secondary N) is 1. The maximum atomic E-state index is 12.5. The molecule has 1 N–H and O–H groups in total. The highest BCUT2D eigenvalue weighted by atomic mass is 32.2. The van der Waals surface area contributed by atoms with Crippen LogP contribution in [0.2, 0.25) is 0 Å². The maximum Gasteiger partial charge on any atom is 0.321 e. The molecule has 0 bridgehead atoms. The fraction of sp³-hybridized carbons (Fsp3) is 0.611. The minimum atomic E-state index is -3.06. The third-order valence-electron chi connectivity index (χ3n) is 5.65. The summed E-state index contributed by atoms with van der Waals surface area (Å²) in [5.41, 5.74) is 3.59. The summed E-state index contributed by atoms with van der Waals surface area (Å²) < 4.78 is 25.7. The van der Waals surface area contributed by atoms with Gasteiger partial charge in [0.15, 0.2) is 0 Å². The first-order valence-electron chi connectivity index (χ1n) is 9.20. The van der Waals surface area contributed by atoms with Gasteiger partial charge in [0.2, 0.25) is 10.0 Å². The normalized spacial score (nSPS) is 23.6. The quantitative estimate of drug-likeness (QED) is 0.876. The molecule has 1 aromatic rings. The molecule has 0 atom stereocenters. The molecule has 6 nitrogen and oxygen atoms in total. The molecule has 2 aliphatic heterocycles. The first-order valence-corrected chi connectivity index (χ1v) is 10.8. The van der Waals surface area contributed by atoms with Crippen molar-refractivity contribution in [2.45, 2.75) is 44.6 Å². The van der Waals surface area contributed by atoms with E-state index in [9.17, 15) is 13.2 Å². The zero-order chi connectivity index (χ0) is 17.4. The lowest BCUT2D eigenvalue weighted by Gasteiger charge is -2.35. The van der Waals surface area contributed by atoms with Crippen LogP contribution in [-0.2, 0) is 22.9 Å². The van der Waals surface area contributed by atoms with E-state index in [4.69, 9.17) is 0 Å². The van der Waals surface area contributed by atoms with Crippen molar-refractivity contribution < 1.29 is 13.2 Å². The average molecular weight is 363 g/mol. The van der Waals surface area contributed by atoms with Crippen LogP contribution in [0.1, 0.15) is 36.8 Å². The van der Waals surface area contributed by atoms with Crippen LogP contribution < -0.4 is 5.32 Å². The third-order valence-corrected chi connectivity index (χ3v) is 7.65. The Morgan fingerprint density at radius 1 is 1.04 bits per heavy atom. The maximum absolute atomic E-state index is 12.5. The molecule has 1 aliphatic carbocycles. The molecule has 0 unspecified atom stereocenters. The van der Waals surface area contributed by atoms with Gasteiger partial charge in [0, 0.05) is 31.4 Å². The highest BCUT2D eigenvalue weighted by Gasteiger charge is 2.36. The lowest BCUT2D eigenvalue weighted by atomic mass is 10.1. The van der Waals surface area contributed by atoms with Crippen molar-refractivity contribution in [3.05, 3.63) is 29.3 Å². The molecule has 7 heteroatoms. The number of fused-ring (bicyclic) bond motifs is 1. The van der Waals surface area contributed by atoms with Crippen LogP contribution in [0.25, 0.3) is 0 Å². The van der Waals surface area contributed by atoms with Crippen LogP contribution in [0.15, 0.2) is 18.2 Å². The molecule has 4 rings (SSSR count). The summed E-state index contributed by atoms with van der Waals surface area (Å²) in [6, 6.07) is 6.15. The number of likely N-dealkylation sites (tertiary alicyclic amines) is 1. The Morgan fingerprint density at radius 2 is 1.80 bits per heavy atom. The highest BCUT2D eigenvalue weighted by molar-refractivity contribution is 7.89. The fourth-order valence-electron chi connectivity index (χ4n) is 4.28. The van der Waals surface area contributed by atoms with Crippen molar-refractivity contribution in [1.82, 2.24) is 9.21 Å². The molecule has 136 valence electrons. The first-order chi connectivity index (χ1) is 12.0. The second-order valence-corrected chi connectivity index (χ2v) is 9.31. The Morgan fingerprint density at radius 3 is 2.52 bits per heavy atom. The molecular formula is C18H25N3O3S. The van der Waals surface area contributed by atoms with Gasteiger partial charge in [0.05, 0.1) is 5.75 Å². The van der Waals surface area contributed by atoms with Crippen LogP contribution >= 0.6 is 0 Å². The van der Waals surface area contributed by atoms with Gasteiger partial charge in [-0.15, -0.1) is 0 Å². The molecule has 3 aliphatic rings. The van der Waals surface area contributed by atoms with E-state index >= 15 is 0 Å². The second kappa shape index (κ2) is 6.61. The van der Waals surface area contributed by atoms with Crippen molar-refractivity contribution in [3.63, 3.8) is 0 Å². The molecule has 2 amide bonds. The number of benzene rings is 1. The lowest BCUT2D eigenvalue weighted by Crippen LogP contribution is -2.48. The monoisotopic (exact) mass is 363 g/mol. The minimum Gasteiger partial charge on any atom is -0.324 e. The van der Waals surface area contributed by atoms with Crippen LogP contribution in [-0.4, -0.2) is 55.1 Å². The van der Waals surface area contributed by atoms with E-state index in [1.54, 1.807) is 9.21 Å². The van der Waals surface area contributed by atoms with Gasteiger partial charge in [-0.2, -0.15) is 4.31 Å². The van der Waals surface area contributed by atoms with Crippen LogP contribution in [0.3, 0.4) is 0 Å². The Bertz CT molecular complexity index is 770. The summed E-state index contributed by atoms with van der Waals surface area (Å²) in [5, 5.41) is 3.00. The second-order valence-electron chi connectivity index (χ2n) is 7.27. The van der Waals surface area contributed by atoms with E-state index in [1.165, 1.54) is 17.5 Å². The summed E-state index contributed by atoms with van der Waals surface area (Å²) in [4.78, 5) is 14.3. The van der Waals surface area contributed by atoms with Crippen molar-refractivity contribution in [2.75, 3.05) is 30.7 Å². The van der Waals surface area contributed by atoms with Crippen molar-refractivity contribution in [1.29, 1.82) is 0 Å². The predicted molar refractivity (Wildman–Crippen MR) is 97.2 cm³/mol. The lowest BCUT2D eigenvalue weighted by molar-refractivity contribution is 0.170. The zero-order valence-electron chi connectivity index (χ0n) is 14.4. The van der Waals surface area contributed by atoms with Gasteiger partial charge in [-0.1, -0.05) is 6.07 Å². The number of aryl methyl sites for hydroxylation is 2. The SMILES string of the molecule is O=C(Nc1ccc2c(c1)CCC2)N1CCC(N2CCCS2(=O)=O)CC1. The number of sulfonamides is 1. The van der Waals surface area contributed by atoms with Gasteiger partial charge < -0.3 is 10.2 Å². The average Bonchev–Trinajstić information content (AvgIpc) is 3.20. The van der Waals surface area contributed by atoms with Gasteiger partial charge in [0.1, 0.15) is 0 Å². The molecule has 25 heavy (non-hydrogen) atoms. The number of hydrogen-bond acceptors (Lipinski definition) is 3. The zero-order valence-corrected chi connectivity index (χ0v) is 15.2. The topological polar surface area (TPSA) is 69.7 Å². The van der Waals surface area contributed by atoms with E-state index in [1.807, 2.05) is 6.07 Å². The number of nitrogens with zero attached hydrogens (tertiary/aromatic N) is 2. The Hall–Kier alpha value is -1.60. The van der Waals surface area contributed by atoms with Crippen LogP contribution in [0.5, 0.6) is 0 Å². The highest BCUT2D eigenvalue weighted by Crippen LogP contribution is 2.27. The largest absolute Gasteiger partial charge is 0.324 e. The number of rotatable bonds is 2. The molecule has 0 aromatic heterocycles. The van der Waals surface area contributed by atoms with Gasteiger partial charge in [-0.3, -0.25) is 0 Å². The van der Waals surface area contributed by atoms with Gasteiger partial charge in [-0.25, -0.2) is 13.2 Å². The summed E-state index contributed by atoms with van der Waals surface area (Å²) in [6.45, 7) is 1.84. The number of piperidine rings is 1. The molecular weight excluding hydrogens is 338 g/mol. The number of carbonyl (C=O) groups excluding carboxylic acids is 1. The van der Waals surface area contributed by atoms with E-state index in [0.717, 1.165) is 37.8 Å². The Kier molecular flexibility index (Phi) is 4.45. The van der Waals surface area contributed by atoms with E-state index < -0.39 is 10.0 Å². The van der Waals surface area contributed by atoms with Gasteiger partial charge in [0.25, 0.3) is 0 Å². The summed E-state index contributed by atoms with van der Waals surface area (Å²) in [5.74, 6) is 0.270. The predicted octanol–water partition coefficient (Wildman–Crippen LogP) is 2.21. The molecule has 0 saturated carbocycles. The molecule has 2 fully saturated rings. The number of hydrogen-bond donors (Lipinski definition) is 1. The standard InChI is InChI=1S/C18H25N3O3S/c22-18(19-16-6-5-14-3-1-4-15(14)13-16)20-10-7-17(8-11-20)21-9-2-12-25(21,23)24/h5-6,13,17H,1-4,7-12H2,(H,19,22). The minimum absolute atomic E-state index is 0.0524. The van der Waals surface area contributed by atoms with Crippen molar-refractivity contribution in [3.8, 4) is 0 Å². The van der Waals surface area contributed by atoms with Crippen LogP contribution in [0.4, 0.5) is 10.5 Å². The van der Waals surface area contributed by atoms with Gasteiger partial charge >= 0.3 is 6.03 Å². The smallest absolute Gasteiger partial charge is 0.321 e. The fourth-order valence-corrected chi connectivity index (χ4v) is 6.08. The number of amides is 2. The third kappa shape index (κ3) is 3.40. The van der Waals surface area contributed by atoms with E-state index in [2.05, 4.69) is 17.4 Å². The molecule has 0 spiro atoms. The number of carbonyl (C=O) groups is 1. The van der Waals surface area contributed by atoms with Crippen molar-refractivity contribution >= 4 is 21.7 Å². The summed E-state index contributed by atoms with van der Waals surface area (Å²) in [7, 11) is -3.06. The van der Waals surface area contributed by atoms with Crippen LogP contribution in [0, 0.1) is 0 Å². The molecule has 1 aromatic carbocycles. The first kappa shape index (κ1) is 16.8. The van der Waals surface area contributed by atoms with E-state index in [0.29, 0.717) is 19.6 Å². The van der Waals surface area contributed by atoms with E-state index in [-0.39, 0.29) is 17.8 Å². The number of anilines is 1. The Balaban J connectivity index is 1.34. The van der Waals surface area contributed by atoms with Crippen molar-refractivity contribution in [2.24, 2.45) is 0 Å². The molecule has 0 radical (unpaired) electrons. The summed E-state index contributed by atoms with van der Waals surface area (Å²) >= 11 is 0. The van der Waals surface area contributed by atoms with Gasteiger partial charge in [-0.05, 0) is 61.8 Å². The number of urea groups is 1. The summed E-state index contributed by atoms with van der Waals surface area (Å²) in [6.07, 6.45) is 5.58. The molecule has 2 saturated heterocycles. The Labute approximate surface area is 149 Å². The molecule has 2 heterocycles.